The number of hydrogen-bond acceptors (Lipinski definition) is 5. The third-order valence-electron chi connectivity index (χ3n) is 8.04. The highest BCUT2D eigenvalue weighted by Gasteiger charge is 2.73. The Kier molecular flexibility index (Phi) is 3.92. The minimum Gasteiger partial charge on any atom is -0.463 e. The van der Waals surface area contributed by atoms with Gasteiger partial charge in [0.2, 0.25) is 15.9 Å². The van der Waals surface area contributed by atoms with Crippen LogP contribution in [-0.4, -0.2) is 43.0 Å². The zero-order valence-corrected chi connectivity index (χ0v) is 17.4. The second-order valence-corrected chi connectivity index (χ2v) is 11.5. The predicted octanol–water partition coefficient (Wildman–Crippen LogP) is 2.64. The Hall–Kier alpha value is -1.37. The lowest BCUT2D eigenvalue weighted by atomic mass is 9.69. The van der Waals surface area contributed by atoms with Crippen LogP contribution in [0.25, 0.3) is 0 Å². The zero-order chi connectivity index (χ0) is 19.8. The van der Waals surface area contributed by atoms with E-state index in [-0.39, 0.29) is 41.6 Å². The van der Waals surface area contributed by atoms with Crippen LogP contribution < -0.4 is 0 Å². The van der Waals surface area contributed by atoms with Gasteiger partial charge in [-0.3, -0.25) is 4.79 Å². The van der Waals surface area contributed by atoms with Crippen LogP contribution in [-0.2, 0) is 24.3 Å². The number of sulfonamides is 1. The van der Waals surface area contributed by atoms with E-state index in [0.717, 1.165) is 19.3 Å². The van der Waals surface area contributed by atoms with Gasteiger partial charge in [-0.1, -0.05) is 26.8 Å². The number of esters is 1. The van der Waals surface area contributed by atoms with Crippen LogP contribution in [0.15, 0.2) is 11.6 Å². The van der Waals surface area contributed by atoms with Crippen LogP contribution in [0.3, 0.4) is 0 Å². The molecule has 4 aliphatic rings. The number of amides is 1. The average molecular weight is 396 g/mol. The molecule has 2 saturated carbocycles. The van der Waals surface area contributed by atoms with Gasteiger partial charge in [0.05, 0.1) is 23.8 Å². The van der Waals surface area contributed by atoms with Gasteiger partial charge in [-0.25, -0.2) is 17.5 Å². The zero-order valence-electron chi connectivity index (χ0n) is 16.6. The molecular weight excluding hydrogens is 366 g/mol. The summed E-state index contributed by atoms with van der Waals surface area (Å²) in [5.41, 5.74) is -0.803. The van der Waals surface area contributed by atoms with Gasteiger partial charge in [-0.15, -0.1) is 0 Å². The molecular formula is C20H29NO5S. The fraction of sp³-hybridized carbons (Fsp3) is 0.800. The number of carbonyl (C=O) groups is 2. The molecule has 0 aromatic heterocycles. The van der Waals surface area contributed by atoms with Crippen molar-refractivity contribution >= 4 is 21.9 Å². The maximum Gasteiger partial charge on any atom is 0.333 e. The molecule has 0 aromatic rings. The smallest absolute Gasteiger partial charge is 0.333 e. The number of nitrogens with zero attached hydrogens (tertiary/aromatic N) is 1. The van der Waals surface area contributed by atoms with Crippen molar-refractivity contribution in [1.29, 1.82) is 0 Å². The van der Waals surface area contributed by atoms with Gasteiger partial charge in [0.15, 0.2) is 0 Å². The Bertz CT molecular complexity index is 844. The molecule has 27 heavy (non-hydrogen) atoms. The van der Waals surface area contributed by atoms with Crippen molar-refractivity contribution in [3.63, 3.8) is 0 Å². The second-order valence-electron chi connectivity index (χ2n) is 9.61. The lowest BCUT2D eigenvalue weighted by molar-refractivity contribution is -0.140. The van der Waals surface area contributed by atoms with E-state index in [0.29, 0.717) is 17.9 Å². The van der Waals surface area contributed by atoms with E-state index in [4.69, 9.17) is 4.74 Å². The maximum absolute atomic E-state index is 13.5. The minimum absolute atomic E-state index is 0.0648. The summed E-state index contributed by atoms with van der Waals surface area (Å²) in [6, 6.07) is -0.229. The van der Waals surface area contributed by atoms with Gasteiger partial charge in [0, 0.05) is 11.0 Å². The molecule has 2 bridgehead atoms. The van der Waals surface area contributed by atoms with Crippen LogP contribution in [0, 0.1) is 22.2 Å². The van der Waals surface area contributed by atoms with Crippen molar-refractivity contribution in [1.82, 2.24) is 4.31 Å². The summed E-state index contributed by atoms with van der Waals surface area (Å²) in [5, 5.41) is 0. The first-order chi connectivity index (χ1) is 12.5. The molecule has 1 aliphatic heterocycles. The van der Waals surface area contributed by atoms with E-state index >= 15 is 0 Å². The largest absolute Gasteiger partial charge is 0.463 e. The molecule has 150 valence electrons. The fourth-order valence-corrected chi connectivity index (χ4v) is 8.93. The monoisotopic (exact) mass is 395 g/mol. The molecule has 4 rings (SSSR count). The van der Waals surface area contributed by atoms with Crippen molar-refractivity contribution in [2.24, 2.45) is 22.2 Å². The summed E-state index contributed by atoms with van der Waals surface area (Å²) in [5.74, 6) is -0.203. The van der Waals surface area contributed by atoms with Crippen molar-refractivity contribution in [2.45, 2.75) is 65.8 Å². The molecule has 0 N–H and O–H groups in total. The molecule has 3 aliphatic carbocycles. The quantitative estimate of drug-likeness (QED) is 0.686. The van der Waals surface area contributed by atoms with Crippen LogP contribution in [0.5, 0.6) is 0 Å². The molecule has 1 saturated heterocycles. The van der Waals surface area contributed by atoms with E-state index in [1.165, 1.54) is 4.31 Å². The van der Waals surface area contributed by atoms with Crippen LogP contribution in [0.2, 0.25) is 0 Å². The van der Waals surface area contributed by atoms with Gasteiger partial charge in [0.25, 0.3) is 0 Å². The molecule has 6 nitrogen and oxygen atoms in total. The van der Waals surface area contributed by atoms with Gasteiger partial charge in [-0.2, -0.15) is 0 Å². The van der Waals surface area contributed by atoms with Gasteiger partial charge in [0.1, 0.15) is 0 Å². The first-order valence-electron chi connectivity index (χ1n) is 9.91. The van der Waals surface area contributed by atoms with E-state index in [2.05, 4.69) is 13.8 Å². The molecule has 0 radical (unpaired) electrons. The van der Waals surface area contributed by atoms with Crippen LogP contribution in [0.4, 0.5) is 0 Å². The molecule has 1 amide bonds. The van der Waals surface area contributed by atoms with Crippen LogP contribution >= 0.6 is 0 Å². The average Bonchev–Trinajstić information content (AvgIpc) is 3.21. The maximum atomic E-state index is 13.5. The highest BCUT2D eigenvalue weighted by Crippen LogP contribution is 2.70. The first-order valence-corrected chi connectivity index (χ1v) is 11.5. The summed E-state index contributed by atoms with van der Waals surface area (Å²) in [4.78, 5) is 25.5. The molecule has 7 heteroatoms. The van der Waals surface area contributed by atoms with E-state index in [9.17, 15) is 18.0 Å². The number of carbonyl (C=O) groups excluding carboxylic acids is 2. The molecule has 0 aromatic carbocycles. The number of ether oxygens (including phenoxy) is 1. The summed E-state index contributed by atoms with van der Waals surface area (Å²) < 4.78 is 32.5. The van der Waals surface area contributed by atoms with Crippen LogP contribution in [0.1, 0.15) is 59.8 Å². The third kappa shape index (κ3) is 2.33. The summed E-state index contributed by atoms with van der Waals surface area (Å²) in [6.07, 6.45) is 5.04. The summed E-state index contributed by atoms with van der Waals surface area (Å²) >= 11 is 0. The number of fused-ring (bicyclic) bond motifs is 1. The topological polar surface area (TPSA) is 80.8 Å². The van der Waals surface area contributed by atoms with Crippen molar-refractivity contribution in [3.05, 3.63) is 11.6 Å². The number of allylic oxidation sites excluding steroid dienone is 1. The standard InChI is InChI=1S/C20H29NO5S/c1-5-26-16(22)13-6-8-19(4,11-13)17(23)21-15-10-14-7-9-20(15,18(14,2)3)12-27(21,24)25/h6,14-15H,5,7-12H2,1-4H3/t14-,15-,19-,20-/m1/s1. The summed E-state index contributed by atoms with van der Waals surface area (Å²) in [7, 11) is -3.64. The highest BCUT2D eigenvalue weighted by atomic mass is 32.2. The first kappa shape index (κ1) is 19.0. The molecule has 1 spiro atoms. The van der Waals surface area contributed by atoms with Gasteiger partial charge >= 0.3 is 5.97 Å². The third-order valence-corrected chi connectivity index (χ3v) is 9.94. The highest BCUT2D eigenvalue weighted by molar-refractivity contribution is 7.90. The van der Waals surface area contributed by atoms with Crippen molar-refractivity contribution < 1.29 is 22.7 Å². The summed E-state index contributed by atoms with van der Waals surface area (Å²) in [6.45, 7) is 8.14. The lowest BCUT2D eigenvalue weighted by Crippen LogP contribution is -2.49. The Morgan fingerprint density at radius 1 is 1.30 bits per heavy atom. The van der Waals surface area contributed by atoms with Gasteiger partial charge in [-0.05, 0) is 50.4 Å². The van der Waals surface area contributed by atoms with Crippen molar-refractivity contribution in [2.75, 3.05) is 12.4 Å². The van der Waals surface area contributed by atoms with Gasteiger partial charge < -0.3 is 4.74 Å². The normalized spacial score (nSPS) is 40.7. The number of rotatable bonds is 3. The molecule has 4 atom stereocenters. The SMILES string of the molecule is CCOC(=O)C1=CC[C@@](C)(C(=O)N2[C@@H]3C[C@H]4CC[C@]3(CS2(=O)=O)C4(C)C)C1. The lowest BCUT2D eigenvalue weighted by Gasteiger charge is -2.38. The molecule has 1 heterocycles. The Labute approximate surface area is 161 Å². The minimum atomic E-state index is -3.64. The second kappa shape index (κ2) is 5.58. The molecule has 0 unspecified atom stereocenters. The fourth-order valence-electron chi connectivity index (χ4n) is 6.28. The molecule has 3 fully saturated rings. The predicted molar refractivity (Wildman–Crippen MR) is 100 cm³/mol. The Morgan fingerprint density at radius 2 is 2.00 bits per heavy atom. The van der Waals surface area contributed by atoms with E-state index in [1.807, 2.05) is 0 Å². The van der Waals surface area contributed by atoms with E-state index in [1.54, 1.807) is 19.9 Å². The number of hydrogen-bond donors (Lipinski definition) is 0. The Morgan fingerprint density at radius 3 is 2.63 bits per heavy atom. The Balaban J connectivity index is 1.63. The van der Waals surface area contributed by atoms with Crippen molar-refractivity contribution in [3.8, 4) is 0 Å². The van der Waals surface area contributed by atoms with E-state index < -0.39 is 21.4 Å².